The molecule has 0 fully saturated rings. The van der Waals surface area contributed by atoms with E-state index in [-0.39, 0.29) is 12.5 Å². The number of hydrogen-bond donors (Lipinski definition) is 3. The van der Waals surface area contributed by atoms with E-state index < -0.39 is 6.10 Å². The SMILES string of the molecule is NCC(O)Cc1ccc2c(c1)NC(=O)CS2. The summed E-state index contributed by atoms with van der Waals surface area (Å²) in [5.41, 5.74) is 7.18. The van der Waals surface area contributed by atoms with Crippen molar-refractivity contribution >= 4 is 23.4 Å². The lowest BCUT2D eigenvalue weighted by molar-refractivity contribution is -0.113. The predicted molar refractivity (Wildman–Crippen MR) is 64.6 cm³/mol. The molecule has 0 saturated heterocycles. The summed E-state index contributed by atoms with van der Waals surface area (Å²) in [6, 6.07) is 5.83. The molecule has 0 spiro atoms. The lowest BCUT2D eigenvalue weighted by Crippen LogP contribution is -2.22. The molecule has 86 valence electrons. The average Bonchev–Trinajstić information content (AvgIpc) is 2.28. The maximum Gasteiger partial charge on any atom is 0.234 e. The first-order valence-electron chi connectivity index (χ1n) is 5.13. The molecule has 1 aromatic rings. The van der Waals surface area contributed by atoms with Crippen molar-refractivity contribution in [2.45, 2.75) is 17.4 Å². The van der Waals surface area contributed by atoms with Crippen LogP contribution in [-0.4, -0.2) is 29.4 Å². The van der Waals surface area contributed by atoms with Crippen LogP contribution in [0.4, 0.5) is 5.69 Å². The van der Waals surface area contributed by atoms with Crippen LogP contribution in [0.1, 0.15) is 5.56 Å². The first-order valence-corrected chi connectivity index (χ1v) is 6.11. The predicted octanol–water partition coefficient (Wildman–Crippen LogP) is 0.593. The third-order valence-corrected chi connectivity index (χ3v) is 3.49. The van der Waals surface area contributed by atoms with Gasteiger partial charge in [-0.2, -0.15) is 0 Å². The van der Waals surface area contributed by atoms with Crippen molar-refractivity contribution < 1.29 is 9.90 Å². The number of carbonyl (C=O) groups is 1. The van der Waals surface area contributed by atoms with E-state index in [4.69, 9.17) is 5.73 Å². The Morgan fingerprint density at radius 3 is 3.12 bits per heavy atom. The Bertz CT molecular complexity index is 409. The second-order valence-electron chi connectivity index (χ2n) is 3.76. The van der Waals surface area contributed by atoms with Crippen molar-refractivity contribution in [3.05, 3.63) is 23.8 Å². The van der Waals surface area contributed by atoms with Crippen LogP contribution in [0, 0.1) is 0 Å². The van der Waals surface area contributed by atoms with Crippen molar-refractivity contribution in [2.24, 2.45) is 5.73 Å². The van der Waals surface area contributed by atoms with E-state index in [0.29, 0.717) is 12.2 Å². The van der Waals surface area contributed by atoms with Gasteiger partial charge in [-0.25, -0.2) is 0 Å². The van der Waals surface area contributed by atoms with E-state index in [9.17, 15) is 9.90 Å². The molecule has 1 aliphatic heterocycles. The molecule has 2 rings (SSSR count). The molecule has 0 aromatic heterocycles. The molecule has 0 aliphatic carbocycles. The zero-order valence-electron chi connectivity index (χ0n) is 8.77. The third-order valence-electron chi connectivity index (χ3n) is 2.42. The lowest BCUT2D eigenvalue weighted by Gasteiger charge is -2.17. The maximum absolute atomic E-state index is 11.2. The number of carbonyl (C=O) groups excluding carboxylic acids is 1. The molecule has 0 radical (unpaired) electrons. The van der Waals surface area contributed by atoms with Crippen molar-refractivity contribution in [2.75, 3.05) is 17.6 Å². The van der Waals surface area contributed by atoms with Gasteiger partial charge < -0.3 is 16.2 Å². The van der Waals surface area contributed by atoms with Crippen LogP contribution in [0.15, 0.2) is 23.1 Å². The van der Waals surface area contributed by atoms with Gasteiger partial charge >= 0.3 is 0 Å². The Kier molecular flexibility index (Phi) is 3.48. The van der Waals surface area contributed by atoms with Crippen LogP contribution in [0.3, 0.4) is 0 Å². The minimum Gasteiger partial charge on any atom is -0.391 e. The van der Waals surface area contributed by atoms with Crippen LogP contribution in [0.5, 0.6) is 0 Å². The third kappa shape index (κ3) is 2.55. The van der Waals surface area contributed by atoms with Gasteiger partial charge in [0.2, 0.25) is 5.91 Å². The average molecular weight is 238 g/mol. The Morgan fingerprint density at radius 2 is 2.38 bits per heavy atom. The zero-order chi connectivity index (χ0) is 11.5. The molecule has 4 N–H and O–H groups in total. The van der Waals surface area contributed by atoms with Crippen molar-refractivity contribution in [1.29, 1.82) is 0 Å². The maximum atomic E-state index is 11.2. The summed E-state index contributed by atoms with van der Waals surface area (Å²) in [5.74, 6) is 0.492. The zero-order valence-corrected chi connectivity index (χ0v) is 9.59. The second-order valence-corrected chi connectivity index (χ2v) is 4.78. The first kappa shape index (κ1) is 11.4. The molecule has 1 aliphatic rings. The Hall–Kier alpha value is -1.04. The molecule has 1 unspecified atom stereocenters. The van der Waals surface area contributed by atoms with Gasteiger partial charge in [0.25, 0.3) is 0 Å². The summed E-state index contributed by atoms with van der Waals surface area (Å²) in [6.45, 7) is 0.248. The van der Waals surface area contributed by atoms with Gasteiger partial charge in [-0.05, 0) is 24.1 Å². The van der Waals surface area contributed by atoms with Gasteiger partial charge in [-0.3, -0.25) is 4.79 Å². The van der Waals surface area contributed by atoms with Gasteiger partial charge in [-0.1, -0.05) is 6.07 Å². The molecule has 0 saturated carbocycles. The number of rotatable bonds is 3. The highest BCUT2D eigenvalue weighted by atomic mass is 32.2. The number of nitrogens with two attached hydrogens (primary N) is 1. The smallest absolute Gasteiger partial charge is 0.234 e. The second kappa shape index (κ2) is 4.86. The lowest BCUT2D eigenvalue weighted by atomic mass is 10.1. The molecule has 1 aromatic carbocycles. The monoisotopic (exact) mass is 238 g/mol. The van der Waals surface area contributed by atoms with E-state index in [1.54, 1.807) is 0 Å². The molecule has 1 heterocycles. The van der Waals surface area contributed by atoms with Gasteiger partial charge in [0, 0.05) is 11.4 Å². The number of aliphatic hydroxyl groups is 1. The molecule has 1 amide bonds. The van der Waals surface area contributed by atoms with Gasteiger partial charge in [-0.15, -0.1) is 11.8 Å². The van der Waals surface area contributed by atoms with Gasteiger partial charge in [0.15, 0.2) is 0 Å². The number of fused-ring (bicyclic) bond motifs is 1. The highest BCUT2D eigenvalue weighted by Gasteiger charge is 2.15. The normalized spacial score (nSPS) is 16.5. The van der Waals surface area contributed by atoms with Crippen LogP contribution in [-0.2, 0) is 11.2 Å². The van der Waals surface area contributed by atoms with E-state index >= 15 is 0 Å². The van der Waals surface area contributed by atoms with E-state index in [1.807, 2.05) is 18.2 Å². The summed E-state index contributed by atoms with van der Waals surface area (Å²) in [7, 11) is 0. The Labute approximate surface area is 98.2 Å². The number of nitrogens with one attached hydrogen (secondary N) is 1. The fourth-order valence-corrected chi connectivity index (χ4v) is 2.40. The fraction of sp³-hybridized carbons (Fsp3) is 0.364. The topological polar surface area (TPSA) is 75.3 Å². The number of thioether (sulfide) groups is 1. The summed E-state index contributed by atoms with van der Waals surface area (Å²) >= 11 is 1.53. The van der Waals surface area contributed by atoms with Crippen molar-refractivity contribution in [3.8, 4) is 0 Å². The minimum atomic E-state index is -0.523. The first-order chi connectivity index (χ1) is 7.69. The molecular formula is C11H14N2O2S. The molecule has 0 bridgehead atoms. The summed E-state index contributed by atoms with van der Waals surface area (Å²) < 4.78 is 0. The highest BCUT2D eigenvalue weighted by Crippen LogP contribution is 2.32. The summed E-state index contributed by atoms with van der Waals surface area (Å²) in [6.07, 6.45) is -0.00498. The summed E-state index contributed by atoms with van der Waals surface area (Å²) in [4.78, 5) is 12.3. The molecule has 4 nitrogen and oxygen atoms in total. The number of amides is 1. The van der Waals surface area contributed by atoms with Crippen molar-refractivity contribution in [3.63, 3.8) is 0 Å². The van der Waals surface area contributed by atoms with Crippen LogP contribution in [0.2, 0.25) is 0 Å². The highest BCUT2D eigenvalue weighted by molar-refractivity contribution is 8.00. The molecule has 16 heavy (non-hydrogen) atoms. The van der Waals surface area contributed by atoms with Gasteiger partial charge in [0.1, 0.15) is 0 Å². The van der Waals surface area contributed by atoms with E-state index in [1.165, 1.54) is 11.8 Å². The van der Waals surface area contributed by atoms with Crippen LogP contribution >= 0.6 is 11.8 Å². The molecule has 1 atom stereocenters. The minimum absolute atomic E-state index is 0.0222. The molecule has 5 heteroatoms. The van der Waals surface area contributed by atoms with Crippen LogP contribution < -0.4 is 11.1 Å². The number of hydrogen-bond acceptors (Lipinski definition) is 4. The Balaban J connectivity index is 2.18. The Morgan fingerprint density at radius 1 is 1.56 bits per heavy atom. The van der Waals surface area contributed by atoms with Gasteiger partial charge in [0.05, 0.1) is 17.5 Å². The van der Waals surface area contributed by atoms with Crippen LogP contribution in [0.25, 0.3) is 0 Å². The summed E-state index contributed by atoms with van der Waals surface area (Å²) in [5, 5.41) is 12.3. The van der Waals surface area contributed by atoms with Crippen molar-refractivity contribution in [1.82, 2.24) is 0 Å². The van der Waals surface area contributed by atoms with E-state index in [0.717, 1.165) is 16.1 Å². The largest absolute Gasteiger partial charge is 0.391 e. The quantitative estimate of drug-likeness (QED) is 0.720. The standard InChI is InChI=1S/C11H14N2O2S/c12-5-8(14)3-7-1-2-10-9(4-7)13-11(15)6-16-10/h1-2,4,8,14H,3,5-6,12H2,(H,13,15). The van der Waals surface area contributed by atoms with E-state index in [2.05, 4.69) is 5.32 Å². The fourth-order valence-electron chi connectivity index (χ4n) is 1.61. The number of anilines is 1. The number of aliphatic hydroxyl groups excluding tert-OH is 1. The molecular weight excluding hydrogens is 224 g/mol. The number of benzene rings is 1.